The topological polar surface area (TPSA) is 93.3 Å². The van der Waals surface area contributed by atoms with Crippen LogP contribution in [0.4, 0.5) is 11.6 Å². The van der Waals surface area contributed by atoms with Crippen LogP contribution in [-0.4, -0.2) is 74.5 Å². The van der Waals surface area contributed by atoms with E-state index in [1.54, 1.807) is 15.6 Å². The van der Waals surface area contributed by atoms with Crippen molar-refractivity contribution in [3.63, 3.8) is 0 Å². The zero-order valence-electron chi connectivity index (χ0n) is 24.5. The zero-order chi connectivity index (χ0) is 28.8. The highest BCUT2D eigenvalue weighted by molar-refractivity contribution is 5.77. The maximum Gasteiger partial charge on any atom is 0.278 e. The molecule has 4 aromatic rings. The van der Waals surface area contributed by atoms with Gasteiger partial charge in [0.2, 0.25) is 11.8 Å². The van der Waals surface area contributed by atoms with Crippen molar-refractivity contribution < 1.29 is 4.74 Å². The number of anilines is 2. The highest BCUT2D eigenvalue weighted by atomic mass is 16.5. The van der Waals surface area contributed by atoms with Gasteiger partial charge < -0.3 is 15.0 Å². The van der Waals surface area contributed by atoms with Gasteiger partial charge in [-0.2, -0.15) is 9.97 Å². The SMILES string of the molecule is C/C=C/Cn1c(=O)c2cnc(Nc3ccc4c(c3)CN(CCN(C)C)CC4)nc2n1-c1cccc(OCCCC)n1. The van der Waals surface area contributed by atoms with Crippen molar-refractivity contribution in [1.82, 2.24) is 34.1 Å². The van der Waals surface area contributed by atoms with Crippen molar-refractivity contribution in [2.75, 3.05) is 45.7 Å². The monoisotopic (exact) mass is 556 g/mol. The minimum atomic E-state index is -0.171. The Morgan fingerprint density at radius 2 is 2.02 bits per heavy atom. The smallest absolute Gasteiger partial charge is 0.278 e. The number of unbranched alkanes of at least 4 members (excludes halogenated alkanes) is 1. The van der Waals surface area contributed by atoms with Gasteiger partial charge in [-0.25, -0.2) is 14.3 Å². The molecule has 1 aliphatic heterocycles. The Bertz CT molecular complexity index is 1570. The molecule has 5 rings (SSSR count). The van der Waals surface area contributed by atoms with E-state index >= 15 is 0 Å². The molecule has 4 heterocycles. The molecule has 1 aromatic carbocycles. The molecule has 0 amide bonds. The molecule has 0 spiro atoms. The first-order valence-electron chi connectivity index (χ1n) is 14.4. The maximum atomic E-state index is 13.4. The number of allylic oxidation sites excluding steroid dienone is 2. The first kappa shape index (κ1) is 28.5. The quantitative estimate of drug-likeness (QED) is 0.203. The Morgan fingerprint density at radius 3 is 2.83 bits per heavy atom. The van der Waals surface area contributed by atoms with E-state index < -0.39 is 0 Å². The summed E-state index contributed by atoms with van der Waals surface area (Å²) in [5.74, 6) is 1.50. The number of rotatable bonds is 12. The molecule has 1 N–H and O–H groups in total. The Balaban J connectivity index is 1.47. The number of hydrogen-bond acceptors (Lipinski definition) is 8. The first-order chi connectivity index (χ1) is 20.0. The van der Waals surface area contributed by atoms with Crippen molar-refractivity contribution in [2.45, 2.75) is 46.2 Å². The third kappa shape index (κ3) is 6.66. The highest BCUT2D eigenvalue weighted by Crippen LogP contribution is 2.25. The van der Waals surface area contributed by atoms with Crippen molar-refractivity contribution in [3.05, 3.63) is 76.2 Å². The molecule has 41 heavy (non-hydrogen) atoms. The van der Waals surface area contributed by atoms with E-state index in [1.807, 2.05) is 37.3 Å². The van der Waals surface area contributed by atoms with E-state index in [9.17, 15) is 4.79 Å². The summed E-state index contributed by atoms with van der Waals surface area (Å²) in [6.07, 6.45) is 8.48. The van der Waals surface area contributed by atoms with Crippen LogP contribution in [-0.2, 0) is 19.5 Å². The minimum absolute atomic E-state index is 0.171. The number of likely N-dealkylation sites (N-methyl/N-ethyl adjacent to an activating group) is 1. The van der Waals surface area contributed by atoms with Gasteiger partial charge in [0, 0.05) is 44.1 Å². The van der Waals surface area contributed by atoms with Gasteiger partial charge in [-0.15, -0.1) is 0 Å². The van der Waals surface area contributed by atoms with E-state index in [4.69, 9.17) is 14.7 Å². The van der Waals surface area contributed by atoms with Gasteiger partial charge in [0.15, 0.2) is 11.5 Å². The lowest BCUT2D eigenvalue weighted by atomic mass is 9.99. The summed E-state index contributed by atoms with van der Waals surface area (Å²) in [6.45, 7) is 9.11. The van der Waals surface area contributed by atoms with Crippen LogP contribution in [0.25, 0.3) is 16.9 Å². The largest absolute Gasteiger partial charge is 0.478 e. The summed E-state index contributed by atoms with van der Waals surface area (Å²) in [6, 6.07) is 12.0. The number of nitrogens with one attached hydrogen (secondary N) is 1. The Labute approximate surface area is 241 Å². The molecule has 1 aliphatic rings. The molecule has 10 nitrogen and oxygen atoms in total. The molecule has 0 atom stereocenters. The van der Waals surface area contributed by atoms with E-state index in [2.05, 4.69) is 59.3 Å². The van der Waals surface area contributed by atoms with Crippen molar-refractivity contribution in [2.24, 2.45) is 0 Å². The molecule has 0 fully saturated rings. The van der Waals surface area contributed by atoms with Crippen LogP contribution < -0.4 is 15.6 Å². The normalized spacial score (nSPS) is 13.8. The third-order valence-electron chi connectivity index (χ3n) is 7.28. The number of aromatic nitrogens is 5. The Hall–Kier alpha value is -4.02. The van der Waals surface area contributed by atoms with E-state index in [1.165, 1.54) is 11.1 Å². The number of fused-ring (bicyclic) bond motifs is 2. The van der Waals surface area contributed by atoms with E-state index in [-0.39, 0.29) is 5.56 Å². The molecule has 216 valence electrons. The Kier molecular flexibility index (Phi) is 9.11. The van der Waals surface area contributed by atoms with Crippen LogP contribution in [0.2, 0.25) is 0 Å². The van der Waals surface area contributed by atoms with Gasteiger partial charge in [0.25, 0.3) is 5.56 Å². The van der Waals surface area contributed by atoms with Crippen LogP contribution in [0.5, 0.6) is 5.88 Å². The summed E-state index contributed by atoms with van der Waals surface area (Å²) in [5, 5.41) is 3.81. The average molecular weight is 557 g/mol. The van der Waals surface area contributed by atoms with Crippen molar-refractivity contribution in [3.8, 4) is 11.7 Å². The van der Waals surface area contributed by atoms with Crippen LogP contribution in [0.1, 0.15) is 37.8 Å². The summed E-state index contributed by atoms with van der Waals surface area (Å²) in [7, 11) is 4.22. The molecule has 0 unspecified atom stereocenters. The van der Waals surface area contributed by atoms with Crippen LogP contribution in [0, 0.1) is 0 Å². The second-order valence-electron chi connectivity index (χ2n) is 10.7. The van der Waals surface area contributed by atoms with Crippen LogP contribution in [0.3, 0.4) is 0 Å². The first-order valence-corrected chi connectivity index (χ1v) is 14.4. The second kappa shape index (κ2) is 13.1. The van der Waals surface area contributed by atoms with Crippen LogP contribution >= 0.6 is 0 Å². The van der Waals surface area contributed by atoms with Gasteiger partial charge in [0.1, 0.15) is 5.39 Å². The van der Waals surface area contributed by atoms with Gasteiger partial charge >= 0.3 is 0 Å². The fourth-order valence-electron chi connectivity index (χ4n) is 4.97. The number of pyridine rings is 1. The summed E-state index contributed by atoms with van der Waals surface area (Å²) in [4.78, 5) is 32.2. The second-order valence-corrected chi connectivity index (χ2v) is 10.7. The van der Waals surface area contributed by atoms with Crippen molar-refractivity contribution in [1.29, 1.82) is 0 Å². The standard InChI is InChI=1S/C31H40N8O2/c1-5-7-15-38-30(40)26-21-32-31(35-29(26)39(38)27-10-9-11-28(34-27)41-19-8-6-2)33-25-13-12-23-14-16-37(18-17-36(3)4)22-24(23)20-25/h5,7,9-13,20-21H,6,8,14-19,22H2,1-4H3,(H,32,33,35)/b7-5+. The molecule has 0 radical (unpaired) electrons. The van der Waals surface area contributed by atoms with E-state index in [0.29, 0.717) is 41.8 Å². The number of benzene rings is 1. The number of ether oxygens (including phenoxy) is 1. The molecular formula is C31H40N8O2. The molecule has 3 aromatic heterocycles. The molecule has 0 saturated carbocycles. The fraction of sp³-hybridized carbons (Fsp3) is 0.419. The lowest BCUT2D eigenvalue weighted by Gasteiger charge is -2.30. The molecule has 0 saturated heterocycles. The van der Waals surface area contributed by atoms with Gasteiger partial charge in [-0.05, 0) is 63.2 Å². The average Bonchev–Trinajstić information content (AvgIpc) is 3.25. The van der Waals surface area contributed by atoms with Crippen LogP contribution in [0.15, 0.2) is 59.5 Å². The summed E-state index contributed by atoms with van der Waals surface area (Å²) >= 11 is 0. The van der Waals surface area contributed by atoms with E-state index in [0.717, 1.165) is 51.1 Å². The predicted octanol–water partition coefficient (Wildman–Crippen LogP) is 4.40. The summed E-state index contributed by atoms with van der Waals surface area (Å²) in [5.41, 5.74) is 3.94. The lowest BCUT2D eigenvalue weighted by molar-refractivity contribution is 0.225. The Morgan fingerprint density at radius 1 is 1.15 bits per heavy atom. The third-order valence-corrected chi connectivity index (χ3v) is 7.28. The van der Waals surface area contributed by atoms with Gasteiger partial charge in [0.05, 0.1) is 13.2 Å². The maximum absolute atomic E-state index is 13.4. The lowest BCUT2D eigenvalue weighted by Crippen LogP contribution is -2.35. The van der Waals surface area contributed by atoms with Gasteiger partial charge in [-0.3, -0.25) is 9.69 Å². The molecule has 10 heteroatoms. The summed E-state index contributed by atoms with van der Waals surface area (Å²) < 4.78 is 9.24. The van der Waals surface area contributed by atoms with Crippen molar-refractivity contribution >= 4 is 22.7 Å². The zero-order valence-corrected chi connectivity index (χ0v) is 24.5. The highest BCUT2D eigenvalue weighted by Gasteiger charge is 2.20. The van der Waals surface area contributed by atoms with Gasteiger partial charge in [-0.1, -0.05) is 37.6 Å². The molecule has 0 bridgehead atoms. The fourth-order valence-corrected chi connectivity index (χ4v) is 4.97. The molecular weight excluding hydrogens is 516 g/mol. The number of nitrogens with zero attached hydrogens (tertiary/aromatic N) is 7. The predicted molar refractivity (Wildman–Crippen MR) is 163 cm³/mol. The molecule has 0 aliphatic carbocycles. The minimum Gasteiger partial charge on any atom is -0.478 e. The number of hydrogen-bond donors (Lipinski definition) is 1.